The molecular formula is C24H33N. The largest absolute Gasteiger partial charge is 0.338 e. The van der Waals surface area contributed by atoms with E-state index in [1.807, 2.05) is 0 Å². The smallest absolute Gasteiger partial charge is 0.0413 e. The van der Waals surface area contributed by atoms with Crippen LogP contribution in [-0.4, -0.2) is 6.54 Å². The topological polar surface area (TPSA) is 3.24 Å². The first-order valence-electron chi connectivity index (χ1n) is 9.94. The summed E-state index contributed by atoms with van der Waals surface area (Å²) in [5.41, 5.74) is 2.49. The highest BCUT2D eigenvalue weighted by atomic mass is 15.1. The second-order valence-corrected chi connectivity index (χ2v) is 6.66. The van der Waals surface area contributed by atoms with E-state index in [1.54, 1.807) is 0 Å². The lowest BCUT2D eigenvalue weighted by Crippen LogP contribution is -2.16. The summed E-state index contributed by atoms with van der Waals surface area (Å²) in [5.74, 6) is 0. The Morgan fingerprint density at radius 3 is 1.72 bits per heavy atom. The Labute approximate surface area is 154 Å². The van der Waals surface area contributed by atoms with Crippen LogP contribution < -0.4 is 4.90 Å². The Morgan fingerprint density at radius 1 is 0.640 bits per heavy atom. The van der Waals surface area contributed by atoms with Crippen molar-refractivity contribution < 1.29 is 0 Å². The summed E-state index contributed by atoms with van der Waals surface area (Å²) >= 11 is 0. The number of hydrogen-bond acceptors (Lipinski definition) is 1. The zero-order valence-electron chi connectivity index (χ0n) is 15.7. The van der Waals surface area contributed by atoms with Gasteiger partial charge in [0.15, 0.2) is 0 Å². The molecule has 134 valence electrons. The predicted octanol–water partition coefficient (Wildman–Crippen LogP) is 7.52. The van der Waals surface area contributed by atoms with Gasteiger partial charge in [0.05, 0.1) is 0 Å². The van der Waals surface area contributed by atoms with E-state index in [0.29, 0.717) is 0 Å². The van der Waals surface area contributed by atoms with E-state index in [2.05, 4.69) is 84.6 Å². The molecule has 0 saturated heterocycles. The molecule has 2 rings (SSSR count). The molecule has 0 aliphatic rings. The molecule has 0 N–H and O–H groups in total. The van der Waals surface area contributed by atoms with Crippen molar-refractivity contribution in [3.63, 3.8) is 0 Å². The molecule has 1 heteroatoms. The van der Waals surface area contributed by atoms with Gasteiger partial charge in [-0.25, -0.2) is 0 Å². The Hall–Kier alpha value is -2.02. The number of allylic oxidation sites excluding steroid dienone is 1. The lowest BCUT2D eigenvalue weighted by Gasteiger charge is -2.23. The fourth-order valence-electron chi connectivity index (χ4n) is 3.09. The van der Waals surface area contributed by atoms with E-state index in [-0.39, 0.29) is 0 Å². The first-order valence-corrected chi connectivity index (χ1v) is 9.94. The van der Waals surface area contributed by atoms with Gasteiger partial charge >= 0.3 is 0 Å². The number of unbranched alkanes of at least 4 members (excludes halogenated alkanes) is 7. The fraction of sp³-hybridized carbons (Fsp3) is 0.417. The van der Waals surface area contributed by atoms with Crippen LogP contribution in [-0.2, 0) is 0 Å². The summed E-state index contributed by atoms with van der Waals surface area (Å²) in [5, 5.41) is 0. The molecule has 2 aromatic carbocycles. The molecule has 1 nitrogen and oxygen atoms in total. The van der Waals surface area contributed by atoms with Crippen molar-refractivity contribution >= 4 is 11.4 Å². The SMILES string of the molecule is CCCCCCCCC/C=C/CN(c1ccccc1)c1ccccc1. The first kappa shape index (κ1) is 19.3. The molecule has 0 fully saturated rings. The van der Waals surface area contributed by atoms with Crippen LogP contribution in [0.4, 0.5) is 11.4 Å². The van der Waals surface area contributed by atoms with Gasteiger partial charge < -0.3 is 4.90 Å². The highest BCUT2D eigenvalue weighted by molar-refractivity contribution is 5.63. The predicted molar refractivity (Wildman–Crippen MR) is 112 cm³/mol. The second-order valence-electron chi connectivity index (χ2n) is 6.66. The molecule has 0 radical (unpaired) electrons. The zero-order valence-corrected chi connectivity index (χ0v) is 15.7. The van der Waals surface area contributed by atoms with E-state index in [9.17, 15) is 0 Å². The van der Waals surface area contributed by atoms with Crippen LogP contribution in [0.15, 0.2) is 72.8 Å². The maximum atomic E-state index is 2.36. The molecule has 0 spiro atoms. The van der Waals surface area contributed by atoms with Gasteiger partial charge in [0.25, 0.3) is 0 Å². The van der Waals surface area contributed by atoms with Gasteiger partial charge in [0, 0.05) is 17.9 Å². The minimum Gasteiger partial charge on any atom is -0.338 e. The lowest BCUT2D eigenvalue weighted by atomic mass is 10.1. The molecule has 0 amide bonds. The summed E-state index contributed by atoms with van der Waals surface area (Å²) in [4.78, 5) is 2.36. The van der Waals surface area contributed by atoms with E-state index >= 15 is 0 Å². The molecule has 0 heterocycles. The van der Waals surface area contributed by atoms with Gasteiger partial charge in [-0.1, -0.05) is 94.0 Å². The summed E-state index contributed by atoms with van der Waals surface area (Å²) < 4.78 is 0. The van der Waals surface area contributed by atoms with Crippen molar-refractivity contribution in [1.29, 1.82) is 0 Å². The Morgan fingerprint density at radius 2 is 1.16 bits per heavy atom. The average Bonchev–Trinajstić information content (AvgIpc) is 2.67. The number of rotatable bonds is 12. The number of anilines is 2. The monoisotopic (exact) mass is 335 g/mol. The number of benzene rings is 2. The third-order valence-corrected chi connectivity index (χ3v) is 4.56. The van der Waals surface area contributed by atoms with Crippen LogP contribution in [0.3, 0.4) is 0 Å². The average molecular weight is 336 g/mol. The lowest BCUT2D eigenvalue weighted by molar-refractivity contribution is 0.592. The number of hydrogen-bond donors (Lipinski definition) is 0. The third-order valence-electron chi connectivity index (χ3n) is 4.56. The van der Waals surface area contributed by atoms with Crippen LogP contribution in [0.5, 0.6) is 0 Å². The normalized spacial score (nSPS) is 11.1. The molecule has 0 aliphatic heterocycles. The summed E-state index contributed by atoms with van der Waals surface area (Å²) in [6.07, 6.45) is 15.5. The maximum Gasteiger partial charge on any atom is 0.0413 e. The van der Waals surface area contributed by atoms with Gasteiger partial charge in [0.1, 0.15) is 0 Å². The summed E-state index contributed by atoms with van der Waals surface area (Å²) in [6.45, 7) is 3.20. The highest BCUT2D eigenvalue weighted by Gasteiger charge is 2.06. The zero-order chi connectivity index (χ0) is 17.6. The number of nitrogens with zero attached hydrogens (tertiary/aromatic N) is 1. The Kier molecular flexibility index (Phi) is 9.54. The molecule has 0 aromatic heterocycles. The maximum absolute atomic E-state index is 2.36. The molecule has 25 heavy (non-hydrogen) atoms. The van der Waals surface area contributed by atoms with E-state index in [0.717, 1.165) is 6.54 Å². The van der Waals surface area contributed by atoms with Crippen molar-refractivity contribution in [3.05, 3.63) is 72.8 Å². The molecule has 0 bridgehead atoms. The third kappa shape index (κ3) is 7.60. The molecule has 0 unspecified atom stereocenters. The molecular weight excluding hydrogens is 302 g/mol. The van der Waals surface area contributed by atoms with Crippen molar-refractivity contribution in [1.82, 2.24) is 0 Å². The van der Waals surface area contributed by atoms with Gasteiger partial charge in [-0.05, 0) is 37.1 Å². The van der Waals surface area contributed by atoms with E-state index < -0.39 is 0 Å². The van der Waals surface area contributed by atoms with Crippen molar-refractivity contribution in [2.75, 3.05) is 11.4 Å². The van der Waals surface area contributed by atoms with Crippen molar-refractivity contribution in [3.8, 4) is 0 Å². The van der Waals surface area contributed by atoms with Crippen LogP contribution in [0.2, 0.25) is 0 Å². The number of para-hydroxylation sites is 2. The fourth-order valence-corrected chi connectivity index (χ4v) is 3.09. The van der Waals surface area contributed by atoms with Gasteiger partial charge in [-0.2, -0.15) is 0 Å². The first-order chi connectivity index (χ1) is 12.4. The Bertz CT molecular complexity index is 534. The van der Waals surface area contributed by atoms with Crippen molar-refractivity contribution in [2.24, 2.45) is 0 Å². The minimum atomic E-state index is 0.921. The summed E-state index contributed by atoms with van der Waals surface area (Å²) in [7, 11) is 0. The van der Waals surface area contributed by atoms with E-state index in [1.165, 1.54) is 62.7 Å². The quantitative estimate of drug-likeness (QED) is 0.286. The molecule has 2 aromatic rings. The second kappa shape index (κ2) is 12.4. The van der Waals surface area contributed by atoms with Crippen molar-refractivity contribution in [2.45, 2.75) is 58.3 Å². The van der Waals surface area contributed by atoms with Crippen LogP contribution in [0.25, 0.3) is 0 Å². The van der Waals surface area contributed by atoms with Gasteiger partial charge in [-0.3, -0.25) is 0 Å². The standard InChI is InChI=1S/C24H33N/c1-2-3-4-5-6-7-8-9-10-17-22-25(23-18-13-11-14-19-23)24-20-15-12-16-21-24/h10-21H,2-9,22H2,1H3/b17-10+. The molecule has 0 aliphatic carbocycles. The minimum absolute atomic E-state index is 0.921. The van der Waals surface area contributed by atoms with Crippen LogP contribution >= 0.6 is 0 Å². The van der Waals surface area contributed by atoms with Crippen LogP contribution in [0.1, 0.15) is 58.3 Å². The van der Waals surface area contributed by atoms with Gasteiger partial charge in [0.2, 0.25) is 0 Å². The highest BCUT2D eigenvalue weighted by Crippen LogP contribution is 2.24. The van der Waals surface area contributed by atoms with Gasteiger partial charge in [-0.15, -0.1) is 0 Å². The molecule has 0 atom stereocenters. The van der Waals surface area contributed by atoms with E-state index in [4.69, 9.17) is 0 Å². The Balaban J connectivity index is 1.77. The van der Waals surface area contributed by atoms with Crippen LogP contribution in [0, 0.1) is 0 Å². The summed E-state index contributed by atoms with van der Waals surface area (Å²) in [6, 6.07) is 21.3. The molecule has 0 saturated carbocycles.